The summed E-state index contributed by atoms with van der Waals surface area (Å²) in [7, 11) is 0. The van der Waals surface area contributed by atoms with Crippen LogP contribution in [-0.2, 0) is 0 Å². The minimum absolute atomic E-state index is 0.148. The molecule has 2 N–H and O–H groups in total. The maximum Gasteiger partial charge on any atom is 0.319 e. The van der Waals surface area contributed by atoms with Gasteiger partial charge in [-0.15, -0.1) is 0 Å². The molecule has 0 aliphatic rings. The van der Waals surface area contributed by atoms with Crippen molar-refractivity contribution in [1.29, 1.82) is 0 Å². The summed E-state index contributed by atoms with van der Waals surface area (Å²) < 4.78 is 0. The Morgan fingerprint density at radius 3 is 2.50 bits per heavy atom. The Kier molecular flexibility index (Phi) is 3.98. The minimum Gasteiger partial charge on any atom is -0.338 e. The number of carbonyl (C=O) groups excluding carboxylic acids is 1. The maximum absolute atomic E-state index is 11.3. The topological polar surface area (TPSA) is 41.1 Å². The Hall–Kier alpha value is -1.51. The van der Waals surface area contributed by atoms with Crippen LogP contribution in [-0.4, -0.2) is 12.6 Å². The predicted octanol–water partition coefficient (Wildman–Crippen LogP) is 2.46. The highest BCUT2D eigenvalue weighted by Crippen LogP contribution is 2.04. The van der Waals surface area contributed by atoms with Gasteiger partial charge in [0.1, 0.15) is 0 Å². The van der Waals surface area contributed by atoms with Crippen LogP contribution >= 0.6 is 0 Å². The van der Waals surface area contributed by atoms with E-state index in [1.54, 1.807) is 0 Å². The summed E-state index contributed by atoms with van der Waals surface area (Å²) in [6.07, 6.45) is 0. The van der Waals surface area contributed by atoms with Crippen molar-refractivity contribution in [2.24, 2.45) is 5.92 Å². The molecule has 0 spiro atoms. The van der Waals surface area contributed by atoms with Gasteiger partial charge in [0.15, 0.2) is 0 Å². The summed E-state index contributed by atoms with van der Waals surface area (Å²) in [4.78, 5) is 11.3. The summed E-state index contributed by atoms with van der Waals surface area (Å²) in [5, 5.41) is 5.53. The number of nitrogens with one attached hydrogen (secondary N) is 2. The Bertz CT molecular complexity index is 283. The molecule has 0 fully saturated rings. The number of rotatable bonds is 3. The molecular weight excluding hydrogens is 176 g/mol. The highest BCUT2D eigenvalue weighted by Gasteiger charge is 2.00. The average Bonchev–Trinajstić information content (AvgIpc) is 2.16. The summed E-state index contributed by atoms with van der Waals surface area (Å²) in [6.45, 7) is 4.81. The quantitative estimate of drug-likeness (QED) is 0.759. The van der Waals surface area contributed by atoms with Crippen molar-refractivity contribution < 1.29 is 4.79 Å². The highest BCUT2D eigenvalue weighted by molar-refractivity contribution is 5.89. The van der Waals surface area contributed by atoms with Crippen LogP contribution in [0.5, 0.6) is 0 Å². The SMILES string of the molecule is CC(C)CNC(=O)Nc1ccccc1. The molecule has 0 unspecified atom stereocenters. The molecule has 0 radical (unpaired) electrons. The van der Waals surface area contributed by atoms with E-state index in [4.69, 9.17) is 0 Å². The van der Waals surface area contributed by atoms with Crippen LogP contribution < -0.4 is 10.6 Å². The molecule has 14 heavy (non-hydrogen) atoms. The molecule has 0 aromatic heterocycles. The molecule has 1 aromatic carbocycles. The molecule has 0 bridgehead atoms. The van der Waals surface area contributed by atoms with E-state index in [1.807, 2.05) is 30.3 Å². The lowest BCUT2D eigenvalue weighted by atomic mass is 10.2. The standard InChI is InChI=1S/C11H16N2O/c1-9(2)8-12-11(14)13-10-6-4-3-5-7-10/h3-7,9H,8H2,1-2H3,(H2,12,13,14). The van der Waals surface area contributed by atoms with Crippen molar-refractivity contribution in [1.82, 2.24) is 5.32 Å². The molecule has 0 aliphatic carbocycles. The van der Waals surface area contributed by atoms with Gasteiger partial charge in [-0.25, -0.2) is 4.79 Å². The van der Waals surface area contributed by atoms with Crippen LogP contribution in [0.2, 0.25) is 0 Å². The number of anilines is 1. The van der Waals surface area contributed by atoms with Gasteiger partial charge in [0, 0.05) is 12.2 Å². The number of hydrogen-bond acceptors (Lipinski definition) is 1. The fourth-order valence-electron chi connectivity index (χ4n) is 0.994. The summed E-state index contributed by atoms with van der Waals surface area (Å²) in [6, 6.07) is 9.25. The zero-order chi connectivity index (χ0) is 10.4. The minimum atomic E-state index is -0.148. The molecule has 1 aromatic rings. The summed E-state index contributed by atoms with van der Waals surface area (Å²) in [5.41, 5.74) is 0.814. The monoisotopic (exact) mass is 192 g/mol. The van der Waals surface area contributed by atoms with Crippen LogP contribution in [0.1, 0.15) is 13.8 Å². The number of para-hydroxylation sites is 1. The van der Waals surface area contributed by atoms with Gasteiger partial charge >= 0.3 is 6.03 Å². The number of urea groups is 1. The van der Waals surface area contributed by atoms with Gasteiger partial charge in [-0.05, 0) is 18.1 Å². The van der Waals surface area contributed by atoms with Gasteiger partial charge in [0.25, 0.3) is 0 Å². The number of benzene rings is 1. The zero-order valence-corrected chi connectivity index (χ0v) is 8.58. The smallest absolute Gasteiger partial charge is 0.319 e. The van der Waals surface area contributed by atoms with E-state index < -0.39 is 0 Å². The molecule has 0 heterocycles. The van der Waals surface area contributed by atoms with E-state index in [-0.39, 0.29) is 6.03 Å². The average molecular weight is 192 g/mol. The van der Waals surface area contributed by atoms with Crippen LogP contribution in [0.3, 0.4) is 0 Å². The van der Waals surface area contributed by atoms with E-state index in [0.29, 0.717) is 12.5 Å². The molecule has 0 aliphatic heterocycles. The van der Waals surface area contributed by atoms with Crippen molar-refractivity contribution in [2.45, 2.75) is 13.8 Å². The third-order valence-corrected chi connectivity index (χ3v) is 1.70. The van der Waals surface area contributed by atoms with Crippen molar-refractivity contribution in [3.05, 3.63) is 30.3 Å². The molecule has 3 nitrogen and oxygen atoms in total. The fourth-order valence-corrected chi connectivity index (χ4v) is 0.994. The lowest BCUT2D eigenvalue weighted by Gasteiger charge is -2.08. The van der Waals surface area contributed by atoms with Gasteiger partial charge in [0.2, 0.25) is 0 Å². The van der Waals surface area contributed by atoms with E-state index in [1.165, 1.54) is 0 Å². The van der Waals surface area contributed by atoms with Gasteiger partial charge in [-0.2, -0.15) is 0 Å². The maximum atomic E-state index is 11.3. The molecule has 2 amide bonds. The third kappa shape index (κ3) is 3.94. The number of amides is 2. The summed E-state index contributed by atoms with van der Waals surface area (Å²) >= 11 is 0. The first kappa shape index (κ1) is 10.6. The molecular formula is C11H16N2O. The Morgan fingerprint density at radius 2 is 1.93 bits per heavy atom. The first-order chi connectivity index (χ1) is 6.68. The fraction of sp³-hybridized carbons (Fsp3) is 0.364. The Labute approximate surface area is 84.5 Å². The molecule has 1 rings (SSSR count). The summed E-state index contributed by atoms with van der Waals surface area (Å²) in [5.74, 6) is 0.469. The van der Waals surface area contributed by atoms with E-state index >= 15 is 0 Å². The first-order valence-corrected chi connectivity index (χ1v) is 4.78. The molecule has 3 heteroatoms. The van der Waals surface area contributed by atoms with Crippen LogP contribution in [0.15, 0.2) is 30.3 Å². The second kappa shape index (κ2) is 5.27. The third-order valence-electron chi connectivity index (χ3n) is 1.70. The Morgan fingerprint density at radius 1 is 1.29 bits per heavy atom. The van der Waals surface area contributed by atoms with Gasteiger partial charge in [-0.1, -0.05) is 32.0 Å². The zero-order valence-electron chi connectivity index (χ0n) is 8.58. The second-order valence-corrected chi connectivity index (χ2v) is 3.59. The Balaban J connectivity index is 2.35. The van der Waals surface area contributed by atoms with Crippen molar-refractivity contribution in [2.75, 3.05) is 11.9 Å². The van der Waals surface area contributed by atoms with E-state index in [2.05, 4.69) is 24.5 Å². The normalized spacial score (nSPS) is 9.93. The van der Waals surface area contributed by atoms with Crippen LogP contribution in [0.25, 0.3) is 0 Å². The van der Waals surface area contributed by atoms with E-state index in [9.17, 15) is 4.79 Å². The largest absolute Gasteiger partial charge is 0.338 e. The van der Waals surface area contributed by atoms with Gasteiger partial charge in [-0.3, -0.25) is 0 Å². The lowest BCUT2D eigenvalue weighted by molar-refractivity contribution is 0.251. The molecule has 76 valence electrons. The molecule has 0 atom stereocenters. The van der Waals surface area contributed by atoms with Crippen molar-refractivity contribution in [3.8, 4) is 0 Å². The van der Waals surface area contributed by atoms with Crippen molar-refractivity contribution in [3.63, 3.8) is 0 Å². The van der Waals surface area contributed by atoms with Gasteiger partial charge in [0.05, 0.1) is 0 Å². The van der Waals surface area contributed by atoms with Crippen LogP contribution in [0.4, 0.5) is 10.5 Å². The lowest BCUT2D eigenvalue weighted by Crippen LogP contribution is -2.31. The van der Waals surface area contributed by atoms with Crippen molar-refractivity contribution >= 4 is 11.7 Å². The first-order valence-electron chi connectivity index (χ1n) is 4.78. The molecule has 0 saturated heterocycles. The second-order valence-electron chi connectivity index (χ2n) is 3.59. The predicted molar refractivity (Wildman–Crippen MR) is 58.3 cm³/mol. The molecule has 0 saturated carbocycles. The van der Waals surface area contributed by atoms with Crippen LogP contribution in [0, 0.1) is 5.92 Å². The number of carbonyl (C=O) groups is 1. The van der Waals surface area contributed by atoms with E-state index in [0.717, 1.165) is 5.69 Å². The highest BCUT2D eigenvalue weighted by atomic mass is 16.2. The number of hydrogen-bond donors (Lipinski definition) is 2. The van der Waals surface area contributed by atoms with Gasteiger partial charge < -0.3 is 10.6 Å².